The molecule has 6 heteroatoms. The Balaban J connectivity index is 1.85. The van der Waals surface area contributed by atoms with Crippen LogP contribution >= 0.6 is 23.2 Å². The molecule has 0 heterocycles. The summed E-state index contributed by atoms with van der Waals surface area (Å²) in [5, 5.41) is 6.38. The molecule has 0 saturated heterocycles. The average molecular weight is 327 g/mol. The van der Waals surface area contributed by atoms with Gasteiger partial charge in [0.25, 0.3) is 0 Å². The number of carbonyl (C=O) groups is 1. The highest BCUT2D eigenvalue weighted by Crippen LogP contribution is 2.29. The number of anilines is 2. The Labute approximate surface area is 132 Å². The monoisotopic (exact) mass is 326 g/mol. The number of halogens is 3. The van der Waals surface area contributed by atoms with Crippen LogP contribution in [0.3, 0.4) is 0 Å². The predicted octanol–water partition coefficient (Wildman–Crippen LogP) is 4.57. The third-order valence-corrected chi connectivity index (χ3v) is 3.59. The lowest BCUT2D eigenvalue weighted by Crippen LogP contribution is -2.17. The summed E-state index contributed by atoms with van der Waals surface area (Å²) in [6.45, 7) is 0.361. The van der Waals surface area contributed by atoms with E-state index in [0.29, 0.717) is 22.3 Å². The molecule has 0 bridgehead atoms. The third-order valence-electron chi connectivity index (χ3n) is 2.77. The Morgan fingerprint density at radius 1 is 1.05 bits per heavy atom. The Morgan fingerprint density at radius 3 is 2.52 bits per heavy atom. The van der Waals surface area contributed by atoms with Gasteiger partial charge in [-0.3, -0.25) is 4.79 Å². The third kappa shape index (κ3) is 4.34. The molecule has 0 saturated carbocycles. The fourth-order valence-electron chi connectivity index (χ4n) is 1.73. The molecule has 1 amide bonds. The minimum atomic E-state index is -0.461. The molecule has 0 aliphatic heterocycles. The van der Waals surface area contributed by atoms with Crippen LogP contribution in [0.2, 0.25) is 10.0 Å². The average Bonchev–Trinajstić information content (AvgIpc) is 2.46. The summed E-state index contributed by atoms with van der Waals surface area (Å²) in [4.78, 5) is 11.7. The summed E-state index contributed by atoms with van der Waals surface area (Å²) in [5.41, 5.74) is 0.825. The Morgan fingerprint density at radius 2 is 1.76 bits per heavy atom. The lowest BCUT2D eigenvalue weighted by molar-refractivity contribution is -0.116. The van der Waals surface area contributed by atoms with Crippen molar-refractivity contribution in [2.45, 2.75) is 6.42 Å². The van der Waals surface area contributed by atoms with E-state index in [2.05, 4.69) is 10.6 Å². The number of amides is 1. The Hall–Kier alpha value is -1.78. The summed E-state index contributed by atoms with van der Waals surface area (Å²) >= 11 is 11.9. The second kappa shape index (κ2) is 7.29. The minimum Gasteiger partial charge on any atom is -0.383 e. The van der Waals surface area contributed by atoms with Crippen LogP contribution in [0.4, 0.5) is 15.8 Å². The first kappa shape index (κ1) is 15.6. The predicted molar refractivity (Wildman–Crippen MR) is 84.6 cm³/mol. The zero-order chi connectivity index (χ0) is 15.2. The topological polar surface area (TPSA) is 41.1 Å². The maximum atomic E-state index is 13.4. The fraction of sp³-hybridized carbons (Fsp3) is 0.133. The molecule has 0 aliphatic carbocycles. The van der Waals surface area contributed by atoms with Gasteiger partial charge in [0.15, 0.2) is 0 Å². The Kier molecular flexibility index (Phi) is 5.42. The summed E-state index contributed by atoms with van der Waals surface area (Å²) < 4.78 is 13.4. The van der Waals surface area contributed by atoms with E-state index >= 15 is 0 Å². The van der Waals surface area contributed by atoms with Gasteiger partial charge in [-0.25, -0.2) is 4.39 Å². The van der Waals surface area contributed by atoms with Crippen molar-refractivity contribution in [1.82, 2.24) is 0 Å². The molecule has 21 heavy (non-hydrogen) atoms. The number of rotatable bonds is 5. The highest BCUT2D eigenvalue weighted by Gasteiger charge is 2.07. The highest BCUT2D eigenvalue weighted by molar-refractivity contribution is 6.43. The molecule has 0 radical (unpaired) electrons. The van der Waals surface area contributed by atoms with Gasteiger partial charge >= 0.3 is 0 Å². The number of carbonyl (C=O) groups excluding carboxylic acids is 1. The maximum Gasteiger partial charge on any atom is 0.226 e. The van der Waals surface area contributed by atoms with Gasteiger partial charge in [0.2, 0.25) is 5.91 Å². The summed E-state index contributed by atoms with van der Waals surface area (Å²) in [7, 11) is 0. The van der Waals surface area contributed by atoms with Gasteiger partial charge in [-0.2, -0.15) is 0 Å². The van der Waals surface area contributed by atoms with E-state index < -0.39 is 5.82 Å². The van der Waals surface area contributed by atoms with Crippen molar-refractivity contribution in [1.29, 1.82) is 0 Å². The molecule has 110 valence electrons. The van der Waals surface area contributed by atoms with Gasteiger partial charge in [-0.1, -0.05) is 41.4 Å². The van der Waals surface area contributed by atoms with Gasteiger partial charge < -0.3 is 10.6 Å². The lowest BCUT2D eigenvalue weighted by atomic mass is 10.3. The first-order valence-electron chi connectivity index (χ1n) is 6.30. The van der Waals surface area contributed by atoms with E-state index in [1.165, 1.54) is 12.1 Å². The van der Waals surface area contributed by atoms with Crippen LogP contribution in [0.1, 0.15) is 6.42 Å². The molecule has 0 aliphatic rings. The molecular formula is C15H13Cl2FN2O. The van der Waals surface area contributed by atoms with Crippen LogP contribution in [-0.2, 0) is 4.79 Å². The fourth-order valence-corrected chi connectivity index (χ4v) is 2.09. The lowest BCUT2D eigenvalue weighted by Gasteiger charge is -2.10. The van der Waals surface area contributed by atoms with Crippen LogP contribution in [0.15, 0.2) is 42.5 Å². The van der Waals surface area contributed by atoms with Crippen molar-refractivity contribution in [3.63, 3.8) is 0 Å². The molecule has 3 nitrogen and oxygen atoms in total. The number of para-hydroxylation sites is 1. The van der Waals surface area contributed by atoms with Crippen LogP contribution in [-0.4, -0.2) is 12.5 Å². The van der Waals surface area contributed by atoms with Crippen LogP contribution in [0.25, 0.3) is 0 Å². The van der Waals surface area contributed by atoms with Gasteiger partial charge in [0.05, 0.1) is 21.4 Å². The van der Waals surface area contributed by atoms with Gasteiger partial charge in [0.1, 0.15) is 5.82 Å². The van der Waals surface area contributed by atoms with Crippen molar-refractivity contribution in [2.24, 2.45) is 0 Å². The largest absolute Gasteiger partial charge is 0.383 e. The SMILES string of the molecule is O=C(CCNc1cccc(Cl)c1Cl)Nc1ccccc1F. The maximum absolute atomic E-state index is 13.4. The number of hydrogen-bond donors (Lipinski definition) is 2. The molecule has 0 spiro atoms. The highest BCUT2D eigenvalue weighted by atomic mass is 35.5. The van der Waals surface area contributed by atoms with Crippen LogP contribution in [0, 0.1) is 5.82 Å². The zero-order valence-corrected chi connectivity index (χ0v) is 12.5. The normalized spacial score (nSPS) is 10.2. The van der Waals surface area contributed by atoms with Gasteiger partial charge in [0, 0.05) is 13.0 Å². The van der Waals surface area contributed by atoms with E-state index in [1.54, 1.807) is 30.3 Å². The number of benzene rings is 2. The molecule has 0 unspecified atom stereocenters. The first-order valence-corrected chi connectivity index (χ1v) is 7.06. The zero-order valence-electron chi connectivity index (χ0n) is 11.0. The molecule has 0 fully saturated rings. The molecule has 2 N–H and O–H groups in total. The van der Waals surface area contributed by atoms with E-state index in [0.717, 1.165) is 0 Å². The first-order chi connectivity index (χ1) is 10.1. The van der Waals surface area contributed by atoms with Crippen molar-refractivity contribution < 1.29 is 9.18 Å². The number of nitrogens with one attached hydrogen (secondary N) is 2. The number of hydrogen-bond acceptors (Lipinski definition) is 2. The van der Waals surface area contributed by atoms with E-state index in [1.807, 2.05) is 0 Å². The van der Waals surface area contributed by atoms with Crippen molar-refractivity contribution in [2.75, 3.05) is 17.2 Å². The van der Waals surface area contributed by atoms with E-state index in [9.17, 15) is 9.18 Å². The van der Waals surface area contributed by atoms with Crippen molar-refractivity contribution in [3.05, 3.63) is 58.3 Å². The van der Waals surface area contributed by atoms with Crippen molar-refractivity contribution >= 4 is 40.5 Å². The Bertz CT molecular complexity index is 649. The molecule has 2 aromatic carbocycles. The van der Waals surface area contributed by atoms with E-state index in [4.69, 9.17) is 23.2 Å². The van der Waals surface area contributed by atoms with Crippen LogP contribution < -0.4 is 10.6 Å². The second-order valence-electron chi connectivity index (χ2n) is 4.31. The van der Waals surface area contributed by atoms with Crippen LogP contribution in [0.5, 0.6) is 0 Å². The molecule has 2 aromatic rings. The molecular weight excluding hydrogens is 314 g/mol. The van der Waals surface area contributed by atoms with Crippen molar-refractivity contribution in [3.8, 4) is 0 Å². The molecule has 0 atom stereocenters. The minimum absolute atomic E-state index is 0.170. The second-order valence-corrected chi connectivity index (χ2v) is 5.09. The summed E-state index contributed by atoms with van der Waals surface area (Å²) in [6.07, 6.45) is 0.178. The summed E-state index contributed by atoms with van der Waals surface area (Å²) in [5.74, 6) is -0.748. The standard InChI is InChI=1S/C15H13Cl2FN2O/c16-10-4-3-7-13(15(10)17)19-9-8-14(21)20-12-6-2-1-5-11(12)18/h1-7,19H,8-9H2,(H,20,21). The molecule has 2 rings (SSSR count). The summed E-state index contributed by atoms with van der Waals surface area (Å²) in [6, 6.07) is 11.2. The smallest absolute Gasteiger partial charge is 0.226 e. The van der Waals surface area contributed by atoms with Gasteiger partial charge in [-0.15, -0.1) is 0 Å². The van der Waals surface area contributed by atoms with E-state index in [-0.39, 0.29) is 18.0 Å². The van der Waals surface area contributed by atoms with Gasteiger partial charge in [-0.05, 0) is 24.3 Å². The quantitative estimate of drug-likeness (QED) is 0.844. The molecule has 0 aromatic heterocycles.